The number of hydrogen-bond acceptors (Lipinski definition) is 2. The van der Waals surface area contributed by atoms with E-state index in [9.17, 15) is 0 Å². The number of aromatic nitrogens is 2. The number of anilines is 1. The molecular formula is C11H18ClN3. The van der Waals surface area contributed by atoms with Crippen LogP contribution in [0.5, 0.6) is 0 Å². The van der Waals surface area contributed by atoms with E-state index in [-0.39, 0.29) is 0 Å². The van der Waals surface area contributed by atoms with E-state index in [2.05, 4.69) is 28.4 Å². The fraction of sp³-hybridized carbons (Fsp3) is 0.727. The van der Waals surface area contributed by atoms with Gasteiger partial charge in [-0.25, -0.2) is 4.98 Å². The van der Waals surface area contributed by atoms with Gasteiger partial charge in [-0.1, -0.05) is 0 Å². The van der Waals surface area contributed by atoms with Crippen molar-refractivity contribution in [3.63, 3.8) is 0 Å². The van der Waals surface area contributed by atoms with Gasteiger partial charge in [0.25, 0.3) is 0 Å². The Morgan fingerprint density at radius 2 is 2.33 bits per heavy atom. The van der Waals surface area contributed by atoms with Gasteiger partial charge < -0.3 is 9.47 Å². The summed E-state index contributed by atoms with van der Waals surface area (Å²) in [7, 11) is 2.11. The van der Waals surface area contributed by atoms with E-state index in [0.29, 0.717) is 5.38 Å². The molecule has 84 valence electrons. The molecular weight excluding hydrogens is 210 g/mol. The summed E-state index contributed by atoms with van der Waals surface area (Å²) < 4.78 is 2.16. The summed E-state index contributed by atoms with van der Waals surface area (Å²) >= 11 is 5.97. The monoisotopic (exact) mass is 227 g/mol. The van der Waals surface area contributed by atoms with Crippen molar-refractivity contribution in [2.24, 2.45) is 5.92 Å². The van der Waals surface area contributed by atoms with Gasteiger partial charge in [-0.3, -0.25) is 0 Å². The molecule has 1 fully saturated rings. The first-order valence-corrected chi connectivity index (χ1v) is 6.00. The lowest BCUT2D eigenvalue weighted by atomic mass is 9.84. The molecule has 0 N–H and O–H groups in total. The molecule has 1 aliphatic carbocycles. The lowest BCUT2D eigenvalue weighted by Crippen LogP contribution is -2.35. The van der Waals surface area contributed by atoms with Crippen LogP contribution in [0, 0.1) is 5.92 Å². The fourth-order valence-electron chi connectivity index (χ4n) is 2.16. The maximum absolute atomic E-state index is 5.97. The lowest BCUT2D eigenvalue weighted by Gasteiger charge is -2.34. The predicted molar refractivity (Wildman–Crippen MR) is 63.5 cm³/mol. The Morgan fingerprint density at radius 3 is 2.93 bits per heavy atom. The smallest absolute Gasteiger partial charge is 0.205 e. The number of halogens is 1. The molecule has 0 aliphatic heterocycles. The number of alkyl halides is 1. The minimum absolute atomic E-state index is 0.411. The number of nitrogens with zero attached hydrogens (tertiary/aromatic N) is 3. The number of hydrogen-bond donors (Lipinski definition) is 0. The summed E-state index contributed by atoms with van der Waals surface area (Å²) in [6.45, 7) is 4.18. The highest BCUT2D eigenvalue weighted by atomic mass is 35.5. The number of aryl methyl sites for hydroxylation is 1. The molecule has 4 heteroatoms. The minimum atomic E-state index is 0.411. The van der Waals surface area contributed by atoms with E-state index >= 15 is 0 Å². The summed E-state index contributed by atoms with van der Waals surface area (Å²) in [6, 6.07) is 0. The molecule has 1 saturated carbocycles. The van der Waals surface area contributed by atoms with Crippen LogP contribution in [0.4, 0.5) is 5.95 Å². The summed E-state index contributed by atoms with van der Waals surface area (Å²) in [6.07, 6.45) is 6.19. The Labute approximate surface area is 96.0 Å². The van der Waals surface area contributed by atoms with Crippen molar-refractivity contribution in [2.45, 2.75) is 31.7 Å². The normalized spacial score (nSPS) is 25.0. The molecule has 1 aliphatic rings. The molecule has 3 nitrogen and oxygen atoms in total. The molecule has 0 atom stereocenters. The molecule has 0 radical (unpaired) electrons. The zero-order chi connectivity index (χ0) is 10.8. The Kier molecular flexibility index (Phi) is 3.19. The maximum Gasteiger partial charge on any atom is 0.205 e. The van der Waals surface area contributed by atoms with Gasteiger partial charge in [-0.05, 0) is 25.7 Å². The van der Waals surface area contributed by atoms with Crippen LogP contribution in [0.2, 0.25) is 0 Å². The highest BCUT2D eigenvalue weighted by Crippen LogP contribution is 2.32. The quantitative estimate of drug-likeness (QED) is 0.737. The first-order valence-electron chi connectivity index (χ1n) is 5.57. The van der Waals surface area contributed by atoms with Crippen LogP contribution in [0.3, 0.4) is 0 Å². The molecule has 0 bridgehead atoms. The van der Waals surface area contributed by atoms with Gasteiger partial charge in [0.1, 0.15) is 0 Å². The molecule has 15 heavy (non-hydrogen) atoms. The average molecular weight is 228 g/mol. The van der Waals surface area contributed by atoms with Crippen LogP contribution in [0.25, 0.3) is 0 Å². The summed E-state index contributed by atoms with van der Waals surface area (Å²) in [5.41, 5.74) is 0. The average Bonchev–Trinajstić information content (AvgIpc) is 2.62. The van der Waals surface area contributed by atoms with Crippen molar-refractivity contribution >= 4 is 17.5 Å². The van der Waals surface area contributed by atoms with Crippen molar-refractivity contribution in [1.82, 2.24) is 9.55 Å². The van der Waals surface area contributed by atoms with E-state index in [1.54, 1.807) is 0 Å². The second-order valence-electron chi connectivity index (χ2n) is 4.33. The Bertz CT molecular complexity index is 317. The van der Waals surface area contributed by atoms with Crippen molar-refractivity contribution in [1.29, 1.82) is 0 Å². The highest BCUT2D eigenvalue weighted by molar-refractivity contribution is 6.21. The van der Waals surface area contributed by atoms with Crippen LogP contribution in [0.15, 0.2) is 12.4 Å². The topological polar surface area (TPSA) is 21.1 Å². The van der Waals surface area contributed by atoms with Crippen molar-refractivity contribution in [3.8, 4) is 0 Å². The van der Waals surface area contributed by atoms with Gasteiger partial charge in [-0.2, -0.15) is 0 Å². The third kappa shape index (κ3) is 2.28. The van der Waals surface area contributed by atoms with Crippen LogP contribution in [-0.2, 0) is 6.54 Å². The predicted octanol–water partition coefficient (Wildman–Crippen LogP) is 2.36. The Balaban J connectivity index is 1.92. The molecule has 0 saturated heterocycles. The molecule has 0 unspecified atom stereocenters. The fourth-order valence-corrected chi connectivity index (χ4v) is 2.66. The van der Waals surface area contributed by atoms with Gasteiger partial charge in [0.2, 0.25) is 5.95 Å². The Morgan fingerprint density at radius 1 is 1.60 bits per heavy atom. The molecule has 0 amide bonds. The van der Waals surface area contributed by atoms with E-state index in [1.807, 2.05) is 12.4 Å². The van der Waals surface area contributed by atoms with E-state index in [4.69, 9.17) is 11.6 Å². The highest BCUT2D eigenvalue weighted by Gasteiger charge is 2.28. The van der Waals surface area contributed by atoms with Gasteiger partial charge in [-0.15, -0.1) is 11.6 Å². The van der Waals surface area contributed by atoms with E-state index in [0.717, 1.165) is 37.8 Å². The molecule has 0 aromatic carbocycles. The SMILES string of the molecule is CCn1ccnc1N(C)CC1CC(Cl)C1. The van der Waals surface area contributed by atoms with Crippen molar-refractivity contribution in [3.05, 3.63) is 12.4 Å². The zero-order valence-corrected chi connectivity index (χ0v) is 10.1. The third-order valence-corrected chi connectivity index (χ3v) is 3.44. The first kappa shape index (κ1) is 10.8. The van der Waals surface area contributed by atoms with Gasteiger partial charge in [0.05, 0.1) is 0 Å². The largest absolute Gasteiger partial charge is 0.345 e. The van der Waals surface area contributed by atoms with Gasteiger partial charge in [0.15, 0.2) is 0 Å². The van der Waals surface area contributed by atoms with E-state index in [1.165, 1.54) is 0 Å². The molecule has 2 rings (SSSR count). The number of imidazole rings is 1. The lowest BCUT2D eigenvalue weighted by molar-refractivity contribution is 0.327. The van der Waals surface area contributed by atoms with Crippen LogP contribution >= 0.6 is 11.6 Å². The molecule has 1 aromatic rings. The summed E-state index contributed by atoms with van der Waals surface area (Å²) in [5, 5.41) is 0.411. The van der Waals surface area contributed by atoms with Gasteiger partial charge in [0, 0.05) is 37.9 Å². The standard InChI is InChI=1S/C11H18ClN3/c1-3-15-5-4-13-11(15)14(2)8-9-6-10(12)7-9/h4-5,9-10H,3,6-8H2,1-2H3. The molecule has 1 aromatic heterocycles. The van der Waals surface area contributed by atoms with Crippen molar-refractivity contribution in [2.75, 3.05) is 18.5 Å². The van der Waals surface area contributed by atoms with Crippen LogP contribution in [-0.4, -0.2) is 28.5 Å². The van der Waals surface area contributed by atoms with Crippen LogP contribution < -0.4 is 4.90 Å². The number of rotatable bonds is 4. The second kappa shape index (κ2) is 4.44. The second-order valence-corrected chi connectivity index (χ2v) is 4.95. The Hall–Kier alpha value is -0.700. The molecule has 0 spiro atoms. The van der Waals surface area contributed by atoms with Gasteiger partial charge >= 0.3 is 0 Å². The first-order chi connectivity index (χ1) is 7.20. The van der Waals surface area contributed by atoms with Crippen molar-refractivity contribution < 1.29 is 0 Å². The molecule has 1 heterocycles. The maximum atomic E-state index is 5.97. The summed E-state index contributed by atoms with van der Waals surface area (Å²) in [5.74, 6) is 1.81. The minimum Gasteiger partial charge on any atom is -0.345 e. The third-order valence-electron chi connectivity index (χ3n) is 3.09. The van der Waals surface area contributed by atoms with E-state index < -0.39 is 0 Å². The van der Waals surface area contributed by atoms with Crippen LogP contribution in [0.1, 0.15) is 19.8 Å². The zero-order valence-electron chi connectivity index (χ0n) is 9.36. The summed E-state index contributed by atoms with van der Waals surface area (Å²) in [4.78, 5) is 6.61.